The molecule has 0 aromatic heterocycles. The molecule has 0 radical (unpaired) electrons. The molecule has 1 aromatic rings. The summed E-state index contributed by atoms with van der Waals surface area (Å²) in [7, 11) is -1.24. The summed E-state index contributed by atoms with van der Waals surface area (Å²) in [6.45, 7) is 5.76. The normalized spacial score (nSPS) is 19.5. The van der Waals surface area contributed by atoms with Gasteiger partial charge in [0.1, 0.15) is 0 Å². The standard InChI is InChI=1S/C19H22O6S/c1-13-5-7-16(8-6-13)26(22,23)10-9-15-12-19(11-14(15)2,17(20)24-3)18(21)25-4/h5-10,15H,2,11-12H2,1,3-4H3/b10-9+. The Morgan fingerprint density at radius 1 is 1.15 bits per heavy atom. The van der Waals surface area contributed by atoms with Crippen molar-refractivity contribution in [2.24, 2.45) is 11.3 Å². The predicted molar refractivity (Wildman–Crippen MR) is 95.8 cm³/mol. The van der Waals surface area contributed by atoms with Crippen LogP contribution in [0.2, 0.25) is 0 Å². The fraction of sp³-hybridized carbons (Fsp3) is 0.368. The third-order valence-electron chi connectivity index (χ3n) is 4.61. The molecule has 7 heteroatoms. The Kier molecular flexibility index (Phi) is 5.71. The Hall–Kier alpha value is -2.41. The Labute approximate surface area is 153 Å². The molecule has 1 aromatic carbocycles. The van der Waals surface area contributed by atoms with Crippen LogP contribution in [0.25, 0.3) is 0 Å². The average Bonchev–Trinajstić information content (AvgIpc) is 2.96. The first kappa shape index (κ1) is 19.9. The van der Waals surface area contributed by atoms with Crippen molar-refractivity contribution in [1.82, 2.24) is 0 Å². The summed E-state index contributed by atoms with van der Waals surface area (Å²) < 4.78 is 34.4. The Morgan fingerprint density at radius 3 is 2.19 bits per heavy atom. The van der Waals surface area contributed by atoms with E-state index < -0.39 is 33.1 Å². The van der Waals surface area contributed by atoms with Gasteiger partial charge in [0, 0.05) is 11.3 Å². The summed E-state index contributed by atoms with van der Waals surface area (Å²) in [5.41, 5.74) is 0.0534. The van der Waals surface area contributed by atoms with E-state index in [0.717, 1.165) is 11.0 Å². The lowest BCUT2D eigenvalue weighted by Crippen LogP contribution is -2.39. The lowest BCUT2D eigenvalue weighted by Gasteiger charge is -2.22. The van der Waals surface area contributed by atoms with E-state index in [9.17, 15) is 18.0 Å². The number of rotatable bonds is 5. The SMILES string of the molecule is C=C1CC(C(=O)OC)(C(=O)OC)CC1/C=C/S(=O)(=O)c1ccc(C)cc1. The van der Waals surface area contributed by atoms with Crippen molar-refractivity contribution < 1.29 is 27.5 Å². The first-order valence-electron chi connectivity index (χ1n) is 8.01. The molecule has 1 aliphatic rings. The number of hydrogen-bond donors (Lipinski definition) is 0. The van der Waals surface area contributed by atoms with Crippen LogP contribution in [0, 0.1) is 18.3 Å². The molecule has 0 saturated heterocycles. The molecular formula is C19H22O6S. The molecule has 26 heavy (non-hydrogen) atoms. The van der Waals surface area contributed by atoms with E-state index in [1.807, 2.05) is 6.92 Å². The van der Waals surface area contributed by atoms with Crippen molar-refractivity contribution in [3.8, 4) is 0 Å². The van der Waals surface area contributed by atoms with E-state index in [1.165, 1.54) is 32.4 Å². The molecule has 0 N–H and O–H groups in total. The molecule has 0 heterocycles. The lowest BCUT2D eigenvalue weighted by atomic mass is 9.85. The van der Waals surface area contributed by atoms with Gasteiger partial charge < -0.3 is 9.47 Å². The number of carbonyl (C=O) groups is 2. The van der Waals surface area contributed by atoms with E-state index in [4.69, 9.17) is 9.47 Å². The average molecular weight is 378 g/mol. The summed E-state index contributed by atoms with van der Waals surface area (Å²) in [4.78, 5) is 24.5. The van der Waals surface area contributed by atoms with Gasteiger partial charge in [-0.3, -0.25) is 9.59 Å². The predicted octanol–water partition coefficient (Wildman–Crippen LogP) is 2.58. The molecule has 0 spiro atoms. The Bertz CT molecular complexity index is 833. The third-order valence-corrected chi connectivity index (χ3v) is 6.06. The van der Waals surface area contributed by atoms with E-state index in [2.05, 4.69) is 6.58 Å². The van der Waals surface area contributed by atoms with Crippen LogP contribution in [0.5, 0.6) is 0 Å². The molecule has 1 saturated carbocycles. The minimum atomic E-state index is -3.63. The minimum Gasteiger partial charge on any atom is -0.468 e. The zero-order valence-corrected chi connectivity index (χ0v) is 15.8. The van der Waals surface area contributed by atoms with E-state index >= 15 is 0 Å². The summed E-state index contributed by atoms with van der Waals surface area (Å²) in [6, 6.07) is 6.50. The topological polar surface area (TPSA) is 86.7 Å². The van der Waals surface area contributed by atoms with Crippen LogP contribution in [0.1, 0.15) is 18.4 Å². The maximum absolute atomic E-state index is 12.4. The van der Waals surface area contributed by atoms with Gasteiger partial charge in [-0.25, -0.2) is 8.42 Å². The van der Waals surface area contributed by atoms with Crippen molar-refractivity contribution in [3.63, 3.8) is 0 Å². The highest BCUT2D eigenvalue weighted by molar-refractivity contribution is 7.94. The summed E-state index contributed by atoms with van der Waals surface area (Å²) >= 11 is 0. The van der Waals surface area contributed by atoms with Crippen LogP contribution >= 0.6 is 0 Å². The number of esters is 2. The number of methoxy groups -OCH3 is 2. The number of carbonyl (C=O) groups excluding carboxylic acids is 2. The lowest BCUT2D eigenvalue weighted by molar-refractivity contribution is -0.168. The molecule has 1 fully saturated rings. The van der Waals surface area contributed by atoms with Gasteiger partial charge in [0.25, 0.3) is 0 Å². The largest absolute Gasteiger partial charge is 0.468 e. The monoisotopic (exact) mass is 378 g/mol. The minimum absolute atomic E-state index is 0.0606. The summed E-state index contributed by atoms with van der Waals surface area (Å²) in [5, 5.41) is 1.10. The number of allylic oxidation sites excluding steroid dienone is 2. The second kappa shape index (κ2) is 7.45. The number of sulfone groups is 1. The van der Waals surface area contributed by atoms with Crippen molar-refractivity contribution >= 4 is 21.8 Å². The second-order valence-corrected chi connectivity index (χ2v) is 8.23. The van der Waals surface area contributed by atoms with E-state index in [0.29, 0.717) is 5.57 Å². The highest BCUT2D eigenvalue weighted by Gasteiger charge is 2.54. The van der Waals surface area contributed by atoms with E-state index in [1.54, 1.807) is 12.1 Å². The molecule has 2 rings (SSSR count). The van der Waals surface area contributed by atoms with Gasteiger partial charge in [0.2, 0.25) is 0 Å². The van der Waals surface area contributed by atoms with Crippen molar-refractivity contribution in [2.45, 2.75) is 24.7 Å². The second-order valence-electron chi connectivity index (χ2n) is 6.40. The fourth-order valence-corrected chi connectivity index (χ4v) is 4.17. The quantitative estimate of drug-likeness (QED) is 0.445. The molecule has 1 unspecified atom stereocenters. The van der Waals surface area contributed by atoms with Gasteiger partial charge in [-0.2, -0.15) is 0 Å². The number of ether oxygens (including phenoxy) is 2. The maximum Gasteiger partial charge on any atom is 0.323 e. The summed E-state index contributed by atoms with van der Waals surface area (Å²) in [6.07, 6.45) is 1.59. The van der Waals surface area contributed by atoms with Crippen LogP contribution in [0.15, 0.2) is 52.8 Å². The van der Waals surface area contributed by atoms with Gasteiger partial charge in [0.05, 0.1) is 19.1 Å². The van der Waals surface area contributed by atoms with Crippen LogP contribution in [-0.4, -0.2) is 34.6 Å². The first-order valence-corrected chi connectivity index (χ1v) is 9.55. The number of benzene rings is 1. The first-order chi connectivity index (χ1) is 12.2. The Balaban J connectivity index is 2.28. The van der Waals surface area contributed by atoms with Gasteiger partial charge in [-0.15, -0.1) is 0 Å². The zero-order valence-electron chi connectivity index (χ0n) is 15.0. The summed E-state index contributed by atoms with van der Waals surface area (Å²) in [5.74, 6) is -1.86. The smallest absolute Gasteiger partial charge is 0.323 e. The molecular weight excluding hydrogens is 356 g/mol. The van der Waals surface area contributed by atoms with Crippen molar-refractivity contribution in [1.29, 1.82) is 0 Å². The van der Waals surface area contributed by atoms with Crippen LogP contribution < -0.4 is 0 Å². The molecule has 0 aliphatic heterocycles. The van der Waals surface area contributed by atoms with Gasteiger partial charge in [0.15, 0.2) is 15.3 Å². The highest BCUT2D eigenvalue weighted by atomic mass is 32.2. The Morgan fingerprint density at radius 2 is 1.69 bits per heavy atom. The molecule has 0 bridgehead atoms. The van der Waals surface area contributed by atoms with Gasteiger partial charge in [-0.1, -0.05) is 35.9 Å². The number of aryl methyl sites for hydroxylation is 1. The van der Waals surface area contributed by atoms with Crippen LogP contribution in [0.4, 0.5) is 0 Å². The maximum atomic E-state index is 12.4. The third kappa shape index (κ3) is 3.72. The van der Waals surface area contributed by atoms with E-state index in [-0.39, 0.29) is 17.7 Å². The number of hydrogen-bond acceptors (Lipinski definition) is 6. The van der Waals surface area contributed by atoms with Gasteiger partial charge >= 0.3 is 11.9 Å². The molecule has 0 amide bonds. The van der Waals surface area contributed by atoms with Gasteiger partial charge in [-0.05, 0) is 31.9 Å². The van der Waals surface area contributed by atoms with Crippen LogP contribution in [0.3, 0.4) is 0 Å². The highest BCUT2D eigenvalue weighted by Crippen LogP contribution is 2.47. The van der Waals surface area contributed by atoms with Crippen LogP contribution in [-0.2, 0) is 28.9 Å². The molecule has 1 aliphatic carbocycles. The molecule has 1 atom stereocenters. The molecule has 140 valence electrons. The fourth-order valence-electron chi connectivity index (χ4n) is 3.10. The molecule has 6 nitrogen and oxygen atoms in total. The van der Waals surface area contributed by atoms with Crippen molar-refractivity contribution in [2.75, 3.05) is 14.2 Å². The zero-order chi connectivity index (χ0) is 19.5. The van der Waals surface area contributed by atoms with Crippen molar-refractivity contribution in [3.05, 3.63) is 53.5 Å².